The van der Waals surface area contributed by atoms with Gasteiger partial charge in [-0.05, 0) is 29.2 Å². The average molecular weight is 225 g/mol. The smallest absolute Gasteiger partial charge is 0.173 e. The SMILES string of the molecule is CCC1(C)c2cnccc2-c2cc[n+](C)cc21. The Morgan fingerprint density at radius 1 is 1.24 bits per heavy atom. The van der Waals surface area contributed by atoms with Gasteiger partial charge in [0.1, 0.15) is 7.05 Å². The van der Waals surface area contributed by atoms with Gasteiger partial charge in [0.15, 0.2) is 12.4 Å². The summed E-state index contributed by atoms with van der Waals surface area (Å²) >= 11 is 0. The minimum atomic E-state index is 0.109. The van der Waals surface area contributed by atoms with Crippen LogP contribution in [0, 0.1) is 0 Å². The van der Waals surface area contributed by atoms with Crippen molar-refractivity contribution in [3.8, 4) is 11.1 Å². The van der Waals surface area contributed by atoms with Gasteiger partial charge in [-0.2, -0.15) is 0 Å². The summed E-state index contributed by atoms with van der Waals surface area (Å²) in [6.07, 6.45) is 9.38. The van der Waals surface area contributed by atoms with Gasteiger partial charge in [-0.1, -0.05) is 13.8 Å². The van der Waals surface area contributed by atoms with Gasteiger partial charge in [-0.3, -0.25) is 4.98 Å². The first-order valence-corrected chi connectivity index (χ1v) is 6.11. The second-order valence-corrected chi connectivity index (χ2v) is 5.04. The molecule has 3 rings (SSSR count). The summed E-state index contributed by atoms with van der Waals surface area (Å²) in [5.74, 6) is 0. The lowest BCUT2D eigenvalue weighted by molar-refractivity contribution is -0.671. The standard InChI is InChI=1S/C15H17N2/c1-4-15(2)13-9-16-7-5-11(13)12-6-8-17(3)10-14(12)15/h5-10H,4H2,1-3H3/q+1. The topological polar surface area (TPSA) is 16.8 Å². The van der Waals surface area contributed by atoms with Crippen LogP contribution < -0.4 is 4.57 Å². The quantitative estimate of drug-likeness (QED) is 0.682. The van der Waals surface area contributed by atoms with Crippen molar-refractivity contribution in [3.05, 3.63) is 48.0 Å². The molecule has 86 valence electrons. The number of aromatic nitrogens is 2. The Hall–Kier alpha value is -1.70. The van der Waals surface area contributed by atoms with E-state index in [9.17, 15) is 0 Å². The number of pyridine rings is 2. The highest BCUT2D eigenvalue weighted by Gasteiger charge is 2.39. The van der Waals surface area contributed by atoms with Crippen LogP contribution in [0.15, 0.2) is 36.9 Å². The molecule has 1 aliphatic carbocycles. The summed E-state index contributed by atoms with van der Waals surface area (Å²) in [6, 6.07) is 4.35. The van der Waals surface area contributed by atoms with Crippen LogP contribution in [0.5, 0.6) is 0 Å². The first kappa shape index (κ1) is 10.5. The van der Waals surface area contributed by atoms with Gasteiger partial charge in [0.2, 0.25) is 0 Å². The van der Waals surface area contributed by atoms with Gasteiger partial charge in [0.05, 0.1) is 0 Å². The van der Waals surface area contributed by atoms with Gasteiger partial charge in [0.25, 0.3) is 0 Å². The Kier molecular flexibility index (Phi) is 2.09. The lowest BCUT2D eigenvalue weighted by Crippen LogP contribution is -2.30. The van der Waals surface area contributed by atoms with Crippen LogP contribution in [0.3, 0.4) is 0 Å². The molecular weight excluding hydrogens is 208 g/mol. The molecule has 0 aliphatic heterocycles. The van der Waals surface area contributed by atoms with Crippen LogP contribution in [0.25, 0.3) is 11.1 Å². The van der Waals surface area contributed by atoms with Crippen LogP contribution >= 0.6 is 0 Å². The zero-order valence-corrected chi connectivity index (χ0v) is 10.6. The van der Waals surface area contributed by atoms with E-state index in [1.165, 1.54) is 22.3 Å². The van der Waals surface area contributed by atoms with Crippen molar-refractivity contribution >= 4 is 0 Å². The van der Waals surface area contributed by atoms with Crippen molar-refractivity contribution in [2.24, 2.45) is 7.05 Å². The maximum atomic E-state index is 4.30. The second kappa shape index (κ2) is 3.39. The van der Waals surface area contributed by atoms with E-state index in [-0.39, 0.29) is 5.41 Å². The van der Waals surface area contributed by atoms with Crippen molar-refractivity contribution in [2.75, 3.05) is 0 Å². The summed E-state index contributed by atoms with van der Waals surface area (Å²) in [6.45, 7) is 4.57. The van der Waals surface area contributed by atoms with Gasteiger partial charge in [0, 0.05) is 29.4 Å². The van der Waals surface area contributed by atoms with Gasteiger partial charge in [-0.15, -0.1) is 0 Å². The molecule has 1 atom stereocenters. The predicted molar refractivity (Wildman–Crippen MR) is 67.6 cm³/mol. The number of rotatable bonds is 1. The van der Waals surface area contributed by atoms with Crippen molar-refractivity contribution in [1.82, 2.24) is 4.98 Å². The molecule has 0 aromatic carbocycles. The molecule has 17 heavy (non-hydrogen) atoms. The molecule has 1 aliphatic rings. The lowest BCUT2D eigenvalue weighted by atomic mass is 9.79. The fraction of sp³-hybridized carbons (Fsp3) is 0.333. The monoisotopic (exact) mass is 225 g/mol. The van der Waals surface area contributed by atoms with Crippen molar-refractivity contribution < 1.29 is 4.57 Å². The lowest BCUT2D eigenvalue weighted by Gasteiger charge is -2.23. The molecule has 0 N–H and O–H groups in total. The Balaban J connectivity index is 2.38. The predicted octanol–water partition coefficient (Wildman–Crippen LogP) is 2.60. The number of nitrogens with zero attached hydrogens (tertiary/aromatic N) is 2. The van der Waals surface area contributed by atoms with Gasteiger partial charge in [-0.25, -0.2) is 4.57 Å². The normalized spacial score (nSPS) is 21.1. The van der Waals surface area contributed by atoms with E-state index in [1.54, 1.807) is 0 Å². The average Bonchev–Trinajstić information content (AvgIpc) is 2.61. The Bertz CT molecular complexity index is 589. The zero-order chi connectivity index (χ0) is 12.0. The molecule has 0 bridgehead atoms. The Morgan fingerprint density at radius 2 is 2.00 bits per heavy atom. The molecule has 1 unspecified atom stereocenters. The number of hydrogen-bond acceptors (Lipinski definition) is 1. The van der Waals surface area contributed by atoms with Gasteiger partial charge >= 0.3 is 0 Å². The molecule has 0 saturated heterocycles. The largest absolute Gasteiger partial charge is 0.264 e. The molecule has 0 spiro atoms. The molecule has 0 amide bonds. The molecule has 0 saturated carbocycles. The molecule has 2 nitrogen and oxygen atoms in total. The van der Waals surface area contributed by atoms with Crippen molar-refractivity contribution in [2.45, 2.75) is 25.7 Å². The fourth-order valence-electron chi connectivity index (χ4n) is 2.87. The Labute approximate surface area is 102 Å². The highest BCUT2D eigenvalue weighted by molar-refractivity contribution is 5.79. The van der Waals surface area contributed by atoms with E-state index in [4.69, 9.17) is 0 Å². The molecular formula is C15H17N2+. The van der Waals surface area contributed by atoms with E-state index in [1.807, 2.05) is 12.4 Å². The van der Waals surface area contributed by atoms with Crippen LogP contribution in [0.4, 0.5) is 0 Å². The third kappa shape index (κ3) is 1.27. The van der Waals surface area contributed by atoms with E-state index in [2.05, 4.69) is 55.0 Å². The Morgan fingerprint density at radius 3 is 2.76 bits per heavy atom. The first-order chi connectivity index (χ1) is 8.16. The van der Waals surface area contributed by atoms with Gasteiger partial charge < -0.3 is 0 Å². The van der Waals surface area contributed by atoms with Crippen LogP contribution in [0.1, 0.15) is 31.4 Å². The number of fused-ring (bicyclic) bond motifs is 3. The van der Waals surface area contributed by atoms with Crippen molar-refractivity contribution in [1.29, 1.82) is 0 Å². The summed E-state index contributed by atoms with van der Waals surface area (Å²) in [4.78, 5) is 4.30. The van der Waals surface area contributed by atoms with Crippen molar-refractivity contribution in [3.63, 3.8) is 0 Å². The zero-order valence-electron chi connectivity index (χ0n) is 10.6. The maximum absolute atomic E-state index is 4.30. The third-order valence-corrected chi connectivity index (χ3v) is 4.11. The molecule has 0 fully saturated rings. The fourth-order valence-corrected chi connectivity index (χ4v) is 2.87. The van der Waals surface area contributed by atoms with Crippen LogP contribution in [0.2, 0.25) is 0 Å². The van der Waals surface area contributed by atoms with E-state index in [0.29, 0.717) is 0 Å². The maximum Gasteiger partial charge on any atom is 0.173 e. The number of hydrogen-bond donors (Lipinski definition) is 0. The van der Waals surface area contributed by atoms with E-state index in [0.717, 1.165) is 6.42 Å². The summed E-state index contributed by atoms with van der Waals surface area (Å²) in [5.41, 5.74) is 5.61. The minimum absolute atomic E-state index is 0.109. The molecule has 2 aromatic rings. The molecule has 2 heteroatoms. The third-order valence-electron chi connectivity index (χ3n) is 4.11. The summed E-state index contributed by atoms with van der Waals surface area (Å²) in [7, 11) is 2.08. The van der Waals surface area contributed by atoms with Crippen LogP contribution in [-0.4, -0.2) is 4.98 Å². The highest BCUT2D eigenvalue weighted by atomic mass is 14.9. The molecule has 0 radical (unpaired) electrons. The summed E-state index contributed by atoms with van der Waals surface area (Å²) < 4.78 is 2.13. The van der Waals surface area contributed by atoms with Crippen LogP contribution in [-0.2, 0) is 12.5 Å². The minimum Gasteiger partial charge on any atom is -0.264 e. The second-order valence-electron chi connectivity index (χ2n) is 5.04. The molecule has 2 aromatic heterocycles. The summed E-state index contributed by atoms with van der Waals surface area (Å²) in [5, 5.41) is 0. The molecule has 2 heterocycles. The van der Waals surface area contributed by atoms with E-state index >= 15 is 0 Å². The first-order valence-electron chi connectivity index (χ1n) is 6.11. The highest BCUT2D eigenvalue weighted by Crippen LogP contribution is 2.49. The van der Waals surface area contributed by atoms with E-state index < -0.39 is 0 Å². The number of aryl methyl sites for hydroxylation is 1.